The number of aryl methyl sites for hydroxylation is 1. The second-order valence-corrected chi connectivity index (χ2v) is 4.80. The molecule has 0 aliphatic rings. The fraction of sp³-hybridized carbons (Fsp3) is 0.167. The second-order valence-electron chi connectivity index (χ2n) is 3.88. The van der Waals surface area contributed by atoms with Gasteiger partial charge in [0, 0.05) is 15.4 Å². The average Bonchev–Trinajstić information content (AvgIpc) is 2.66. The van der Waals surface area contributed by atoms with Gasteiger partial charge in [0.2, 0.25) is 5.91 Å². The van der Waals surface area contributed by atoms with E-state index in [1.807, 2.05) is 12.1 Å². The molecule has 0 radical (unpaired) electrons. The number of benzene rings is 1. The predicted molar refractivity (Wildman–Crippen MR) is 71.3 cm³/mol. The molecule has 0 aliphatic carbocycles. The Labute approximate surface area is 117 Å². The highest BCUT2D eigenvalue weighted by Gasteiger charge is 2.18. The number of halogens is 1. The third-order valence-electron chi connectivity index (χ3n) is 2.48. The summed E-state index contributed by atoms with van der Waals surface area (Å²) in [6.45, 7) is 1.37. The maximum absolute atomic E-state index is 11.8. The van der Waals surface area contributed by atoms with Crippen LogP contribution in [0.3, 0.4) is 0 Å². The Kier molecular flexibility index (Phi) is 3.87. The summed E-state index contributed by atoms with van der Waals surface area (Å²) >= 11 is 3.35. The van der Waals surface area contributed by atoms with Gasteiger partial charge in [-0.15, -0.1) is 0 Å². The lowest BCUT2D eigenvalue weighted by Gasteiger charge is -2.02. The molecule has 1 heterocycles. The number of nitrogens with two attached hydrogens (primary N) is 1. The lowest BCUT2D eigenvalue weighted by molar-refractivity contribution is -0.124. The summed E-state index contributed by atoms with van der Waals surface area (Å²) < 4.78 is 6.33. The summed E-state index contributed by atoms with van der Waals surface area (Å²) in [6.07, 6.45) is 0. The molecular formula is C12H11BrN2O4. The van der Waals surface area contributed by atoms with Crippen LogP contribution in [-0.4, -0.2) is 18.4 Å². The number of furan rings is 1. The Morgan fingerprint density at radius 2 is 2.21 bits per heavy atom. The first-order valence-electron chi connectivity index (χ1n) is 5.38. The van der Waals surface area contributed by atoms with E-state index in [0.29, 0.717) is 11.1 Å². The normalized spacial score (nSPS) is 10.6. The summed E-state index contributed by atoms with van der Waals surface area (Å²) in [6, 6.07) is 5.43. The van der Waals surface area contributed by atoms with Crippen LogP contribution in [0.5, 0.6) is 0 Å². The fourth-order valence-corrected chi connectivity index (χ4v) is 1.99. The van der Waals surface area contributed by atoms with E-state index in [-0.39, 0.29) is 5.76 Å². The highest BCUT2D eigenvalue weighted by molar-refractivity contribution is 9.10. The quantitative estimate of drug-likeness (QED) is 0.835. The van der Waals surface area contributed by atoms with Crippen molar-refractivity contribution in [2.75, 3.05) is 6.61 Å². The second kappa shape index (κ2) is 5.41. The zero-order valence-electron chi connectivity index (χ0n) is 10.0. The van der Waals surface area contributed by atoms with Gasteiger partial charge in [0.15, 0.2) is 12.4 Å². The third kappa shape index (κ3) is 2.94. The molecule has 0 spiro atoms. The summed E-state index contributed by atoms with van der Waals surface area (Å²) in [5, 5.41) is 0.828. The molecule has 19 heavy (non-hydrogen) atoms. The third-order valence-corrected chi connectivity index (χ3v) is 2.98. The van der Waals surface area contributed by atoms with Crippen molar-refractivity contribution < 1.29 is 18.8 Å². The Hall–Kier alpha value is -1.86. The lowest BCUT2D eigenvalue weighted by Crippen LogP contribution is -2.29. The van der Waals surface area contributed by atoms with Gasteiger partial charge in [-0.1, -0.05) is 15.9 Å². The molecule has 0 saturated carbocycles. The Morgan fingerprint density at radius 1 is 1.47 bits per heavy atom. The maximum atomic E-state index is 11.8. The van der Waals surface area contributed by atoms with Gasteiger partial charge >= 0.3 is 5.91 Å². The minimum absolute atomic E-state index is 0.137. The largest absolute Gasteiger partial charge is 0.451 e. The van der Waals surface area contributed by atoms with Gasteiger partial charge in [-0.3, -0.25) is 14.4 Å². The number of hydrogen-bond donors (Lipinski definition) is 2. The van der Waals surface area contributed by atoms with Crippen molar-refractivity contribution in [1.29, 1.82) is 0 Å². The summed E-state index contributed by atoms with van der Waals surface area (Å²) in [5.74, 6) is -1.10. The molecule has 0 atom stereocenters. The number of hydrogen-bond acceptors (Lipinski definition) is 4. The molecule has 6 nitrogen and oxygen atoms in total. The highest BCUT2D eigenvalue weighted by atomic mass is 79.9. The van der Waals surface area contributed by atoms with Crippen LogP contribution < -0.4 is 11.2 Å². The molecule has 1 aromatic carbocycles. The molecule has 100 valence electrons. The van der Waals surface area contributed by atoms with Crippen molar-refractivity contribution in [1.82, 2.24) is 5.48 Å². The number of amides is 2. The van der Waals surface area contributed by atoms with Crippen LogP contribution in [0.1, 0.15) is 16.1 Å². The van der Waals surface area contributed by atoms with Crippen molar-refractivity contribution in [2.45, 2.75) is 6.92 Å². The van der Waals surface area contributed by atoms with Crippen molar-refractivity contribution >= 4 is 38.7 Å². The van der Waals surface area contributed by atoms with Crippen LogP contribution in [0.4, 0.5) is 0 Å². The number of carbonyl (C=O) groups excluding carboxylic acids is 2. The number of fused-ring (bicyclic) bond motifs is 1. The van der Waals surface area contributed by atoms with E-state index in [9.17, 15) is 9.59 Å². The molecule has 0 bridgehead atoms. The van der Waals surface area contributed by atoms with Crippen LogP contribution >= 0.6 is 15.9 Å². The van der Waals surface area contributed by atoms with E-state index >= 15 is 0 Å². The molecule has 3 N–H and O–H groups in total. The van der Waals surface area contributed by atoms with Crippen molar-refractivity contribution in [3.8, 4) is 0 Å². The Balaban J connectivity index is 2.22. The molecule has 1 aromatic heterocycles. The van der Waals surface area contributed by atoms with Crippen LogP contribution in [0.15, 0.2) is 27.1 Å². The molecule has 0 unspecified atom stereocenters. The van der Waals surface area contributed by atoms with Crippen LogP contribution in [-0.2, 0) is 9.63 Å². The first kappa shape index (κ1) is 13.6. The van der Waals surface area contributed by atoms with Crippen molar-refractivity contribution in [3.05, 3.63) is 34.0 Å². The van der Waals surface area contributed by atoms with Gasteiger partial charge in [0.25, 0.3) is 0 Å². The SMILES string of the molecule is Cc1c(C(=O)NOCC(N)=O)oc2ccc(Br)cc12. The van der Waals surface area contributed by atoms with Gasteiger partial charge in [-0.2, -0.15) is 0 Å². The van der Waals surface area contributed by atoms with Crippen molar-refractivity contribution in [3.63, 3.8) is 0 Å². The Morgan fingerprint density at radius 3 is 2.89 bits per heavy atom. The van der Waals surface area contributed by atoms with Gasteiger partial charge < -0.3 is 10.2 Å². The van der Waals surface area contributed by atoms with E-state index < -0.39 is 18.4 Å². The van der Waals surface area contributed by atoms with Gasteiger partial charge in [0.1, 0.15) is 5.58 Å². The molecule has 7 heteroatoms. The van der Waals surface area contributed by atoms with E-state index in [1.54, 1.807) is 13.0 Å². The lowest BCUT2D eigenvalue weighted by atomic mass is 10.1. The number of rotatable bonds is 4. The van der Waals surface area contributed by atoms with Crippen molar-refractivity contribution in [2.24, 2.45) is 5.73 Å². The van der Waals surface area contributed by atoms with E-state index in [4.69, 9.17) is 10.2 Å². The standard InChI is InChI=1S/C12H11BrN2O4/c1-6-8-4-7(13)2-3-9(8)19-11(6)12(17)15-18-5-10(14)16/h2-4H,5H2,1H3,(H2,14,16)(H,15,17). The first-order valence-corrected chi connectivity index (χ1v) is 6.17. The predicted octanol–water partition coefficient (Wildman–Crippen LogP) is 1.65. The van der Waals surface area contributed by atoms with Gasteiger partial charge in [-0.05, 0) is 25.1 Å². The van der Waals surface area contributed by atoms with E-state index in [2.05, 4.69) is 26.2 Å². The topological polar surface area (TPSA) is 94.6 Å². The van der Waals surface area contributed by atoms with E-state index in [0.717, 1.165) is 9.86 Å². The molecule has 2 rings (SSSR count). The number of nitrogens with one attached hydrogen (secondary N) is 1. The molecule has 0 saturated heterocycles. The fourth-order valence-electron chi connectivity index (χ4n) is 1.63. The van der Waals surface area contributed by atoms with Crippen LogP contribution in [0.25, 0.3) is 11.0 Å². The number of carbonyl (C=O) groups is 2. The van der Waals surface area contributed by atoms with Gasteiger partial charge in [0.05, 0.1) is 0 Å². The summed E-state index contributed by atoms with van der Waals surface area (Å²) in [4.78, 5) is 26.9. The first-order chi connectivity index (χ1) is 8.99. The maximum Gasteiger partial charge on any atom is 0.310 e. The molecular weight excluding hydrogens is 316 g/mol. The van der Waals surface area contributed by atoms with Gasteiger partial charge in [-0.25, -0.2) is 5.48 Å². The van der Waals surface area contributed by atoms with Crippen LogP contribution in [0.2, 0.25) is 0 Å². The molecule has 2 aromatic rings. The van der Waals surface area contributed by atoms with E-state index in [1.165, 1.54) is 0 Å². The Bertz CT molecular complexity index is 650. The monoisotopic (exact) mass is 326 g/mol. The van der Waals surface area contributed by atoms with Crippen LogP contribution in [0, 0.1) is 6.92 Å². The zero-order valence-corrected chi connectivity index (χ0v) is 11.6. The highest BCUT2D eigenvalue weighted by Crippen LogP contribution is 2.27. The minimum Gasteiger partial charge on any atom is -0.451 e. The minimum atomic E-state index is -0.675. The smallest absolute Gasteiger partial charge is 0.310 e. The average molecular weight is 327 g/mol. The molecule has 0 aliphatic heterocycles. The number of hydroxylamine groups is 1. The molecule has 0 fully saturated rings. The number of primary amides is 1. The summed E-state index contributed by atoms with van der Waals surface area (Å²) in [7, 11) is 0. The summed E-state index contributed by atoms with van der Waals surface area (Å²) in [5.41, 5.74) is 8.27. The molecule has 2 amide bonds. The zero-order chi connectivity index (χ0) is 14.0.